The van der Waals surface area contributed by atoms with Crippen molar-refractivity contribution in [1.82, 2.24) is 4.98 Å². The highest BCUT2D eigenvalue weighted by Gasteiger charge is 2.22. The molecule has 0 saturated heterocycles. The lowest BCUT2D eigenvalue weighted by molar-refractivity contribution is -0.142. The second-order valence-corrected chi connectivity index (χ2v) is 3.11. The molecule has 0 fully saturated rings. The molecule has 0 radical (unpaired) electrons. The van der Waals surface area contributed by atoms with Crippen LogP contribution in [0.4, 0.5) is 8.78 Å². The number of alkyl halides is 1. The zero-order valence-corrected chi connectivity index (χ0v) is 7.50. The van der Waals surface area contributed by atoms with Crippen molar-refractivity contribution >= 4 is 16.9 Å². The normalized spacial score (nSPS) is 12.9. The van der Waals surface area contributed by atoms with Crippen LogP contribution >= 0.6 is 0 Å². The van der Waals surface area contributed by atoms with E-state index < -0.39 is 18.0 Å². The van der Waals surface area contributed by atoms with Crippen molar-refractivity contribution in [3.05, 3.63) is 35.8 Å². The van der Waals surface area contributed by atoms with Crippen LogP contribution in [0.5, 0.6) is 0 Å². The lowest BCUT2D eigenvalue weighted by Gasteiger charge is -2.00. The van der Waals surface area contributed by atoms with E-state index in [2.05, 4.69) is 4.98 Å². The third-order valence-corrected chi connectivity index (χ3v) is 2.19. The summed E-state index contributed by atoms with van der Waals surface area (Å²) in [5.74, 6) is -2.11. The van der Waals surface area contributed by atoms with Crippen LogP contribution in [0.1, 0.15) is 11.7 Å². The molecule has 2 rings (SSSR count). The molecule has 0 aliphatic heterocycles. The first-order valence-electron chi connectivity index (χ1n) is 4.23. The second kappa shape index (κ2) is 3.34. The summed E-state index contributed by atoms with van der Waals surface area (Å²) in [6.45, 7) is 0. The van der Waals surface area contributed by atoms with E-state index >= 15 is 0 Å². The van der Waals surface area contributed by atoms with Gasteiger partial charge in [-0.1, -0.05) is 12.1 Å². The molecular weight excluding hydrogens is 204 g/mol. The Kier molecular flexibility index (Phi) is 2.15. The maximum atomic E-state index is 13.2. The average Bonchev–Trinajstić information content (AvgIpc) is 2.61. The topological polar surface area (TPSA) is 53.1 Å². The zero-order valence-electron chi connectivity index (χ0n) is 7.50. The van der Waals surface area contributed by atoms with Gasteiger partial charge in [0.05, 0.1) is 5.52 Å². The number of hydrogen-bond donors (Lipinski definition) is 2. The van der Waals surface area contributed by atoms with Gasteiger partial charge in [-0.3, -0.25) is 0 Å². The van der Waals surface area contributed by atoms with Crippen molar-refractivity contribution in [2.75, 3.05) is 0 Å². The number of aromatic amines is 1. The lowest BCUT2D eigenvalue weighted by Crippen LogP contribution is -2.05. The molecule has 5 heteroatoms. The van der Waals surface area contributed by atoms with Gasteiger partial charge in [0.1, 0.15) is 5.82 Å². The fourth-order valence-electron chi connectivity index (χ4n) is 1.48. The van der Waals surface area contributed by atoms with Gasteiger partial charge >= 0.3 is 5.97 Å². The zero-order chi connectivity index (χ0) is 11.0. The van der Waals surface area contributed by atoms with E-state index in [4.69, 9.17) is 5.11 Å². The number of benzene rings is 1. The number of carboxylic acid groups (broad SMARTS) is 1. The summed E-state index contributed by atoms with van der Waals surface area (Å²) in [7, 11) is 0. The number of aromatic nitrogens is 1. The Balaban J connectivity index is 2.64. The van der Waals surface area contributed by atoms with E-state index in [0.29, 0.717) is 0 Å². The Morgan fingerprint density at radius 1 is 1.47 bits per heavy atom. The summed E-state index contributed by atoms with van der Waals surface area (Å²) in [5, 5.41) is 8.75. The summed E-state index contributed by atoms with van der Waals surface area (Å²) in [6, 6.07) is 4.10. The number of carboxylic acids is 1. The first-order chi connectivity index (χ1) is 7.11. The summed E-state index contributed by atoms with van der Waals surface area (Å²) < 4.78 is 26.4. The summed E-state index contributed by atoms with van der Waals surface area (Å²) in [5.41, 5.74) is 0.0633. The van der Waals surface area contributed by atoms with Crippen LogP contribution in [0.3, 0.4) is 0 Å². The number of fused-ring (bicyclic) bond motifs is 1. The molecule has 1 aromatic heterocycles. The molecule has 0 saturated carbocycles. The molecule has 78 valence electrons. The third kappa shape index (κ3) is 1.45. The van der Waals surface area contributed by atoms with E-state index in [0.717, 1.165) is 0 Å². The van der Waals surface area contributed by atoms with Gasteiger partial charge in [0, 0.05) is 17.1 Å². The quantitative estimate of drug-likeness (QED) is 0.801. The van der Waals surface area contributed by atoms with Crippen molar-refractivity contribution in [3.63, 3.8) is 0 Å². The maximum absolute atomic E-state index is 13.2. The number of H-pyrrole nitrogens is 1. The Morgan fingerprint density at radius 2 is 2.20 bits per heavy atom. The van der Waals surface area contributed by atoms with Crippen LogP contribution in [-0.2, 0) is 4.79 Å². The predicted molar refractivity (Wildman–Crippen MR) is 49.7 cm³/mol. The van der Waals surface area contributed by atoms with Gasteiger partial charge in [0.15, 0.2) is 0 Å². The predicted octanol–water partition coefficient (Wildman–Crippen LogP) is 2.40. The smallest absolute Gasteiger partial charge is 0.343 e. The minimum Gasteiger partial charge on any atom is -0.479 e. The van der Waals surface area contributed by atoms with Crippen molar-refractivity contribution in [2.45, 2.75) is 6.17 Å². The minimum atomic E-state index is -2.14. The molecule has 0 spiro atoms. The average molecular weight is 211 g/mol. The van der Waals surface area contributed by atoms with Gasteiger partial charge < -0.3 is 10.1 Å². The molecule has 0 bridgehead atoms. The molecule has 2 N–H and O–H groups in total. The molecule has 0 amide bonds. The number of rotatable bonds is 2. The van der Waals surface area contributed by atoms with E-state index in [9.17, 15) is 13.6 Å². The second-order valence-electron chi connectivity index (χ2n) is 3.11. The molecule has 2 aromatic rings. The number of halogens is 2. The highest BCUT2D eigenvalue weighted by molar-refractivity contribution is 5.88. The molecule has 15 heavy (non-hydrogen) atoms. The third-order valence-electron chi connectivity index (χ3n) is 2.19. The highest BCUT2D eigenvalue weighted by Crippen LogP contribution is 2.27. The highest BCUT2D eigenvalue weighted by atomic mass is 19.1. The number of carbonyl (C=O) groups is 1. The lowest BCUT2D eigenvalue weighted by atomic mass is 10.1. The standard InChI is InChI=1S/C10H7F2NO2/c11-7-3-1-2-5-6(4-13-9(5)7)8(12)10(14)15/h1-4,8,13H,(H,14,15). The van der Waals surface area contributed by atoms with Crippen LogP contribution < -0.4 is 0 Å². The van der Waals surface area contributed by atoms with Crippen LogP contribution in [0, 0.1) is 5.82 Å². The fraction of sp³-hybridized carbons (Fsp3) is 0.100. The first kappa shape index (κ1) is 9.64. The number of hydrogen-bond acceptors (Lipinski definition) is 1. The number of para-hydroxylation sites is 1. The van der Waals surface area contributed by atoms with Crippen LogP contribution in [0.2, 0.25) is 0 Å². The molecule has 1 atom stereocenters. The van der Waals surface area contributed by atoms with Gasteiger partial charge in [-0.05, 0) is 6.07 Å². The number of aliphatic carboxylic acids is 1. The molecule has 3 nitrogen and oxygen atoms in total. The van der Waals surface area contributed by atoms with Gasteiger partial charge in [0.2, 0.25) is 6.17 Å². The summed E-state index contributed by atoms with van der Waals surface area (Å²) in [4.78, 5) is 13.0. The largest absolute Gasteiger partial charge is 0.479 e. The number of nitrogens with one attached hydrogen (secondary N) is 1. The van der Waals surface area contributed by atoms with E-state index in [-0.39, 0.29) is 16.5 Å². The monoisotopic (exact) mass is 211 g/mol. The van der Waals surface area contributed by atoms with E-state index in [1.54, 1.807) is 0 Å². The van der Waals surface area contributed by atoms with Gasteiger partial charge in [-0.2, -0.15) is 0 Å². The molecule has 1 heterocycles. The van der Waals surface area contributed by atoms with Gasteiger partial charge in [-0.15, -0.1) is 0 Å². The summed E-state index contributed by atoms with van der Waals surface area (Å²) in [6.07, 6.45) is -0.965. The Labute approximate surface area is 83.3 Å². The van der Waals surface area contributed by atoms with Crippen LogP contribution in [-0.4, -0.2) is 16.1 Å². The minimum absolute atomic E-state index is 0.0583. The fourth-order valence-corrected chi connectivity index (χ4v) is 1.48. The van der Waals surface area contributed by atoms with Crippen molar-refractivity contribution < 1.29 is 18.7 Å². The molecule has 1 aromatic carbocycles. The van der Waals surface area contributed by atoms with Crippen molar-refractivity contribution in [3.8, 4) is 0 Å². The van der Waals surface area contributed by atoms with Crippen molar-refractivity contribution in [1.29, 1.82) is 0 Å². The molecular formula is C10H7F2NO2. The Hall–Kier alpha value is -1.91. The van der Waals surface area contributed by atoms with Crippen LogP contribution in [0.25, 0.3) is 10.9 Å². The maximum Gasteiger partial charge on any atom is 0.343 e. The van der Waals surface area contributed by atoms with Gasteiger partial charge in [0.25, 0.3) is 0 Å². The summed E-state index contributed by atoms with van der Waals surface area (Å²) >= 11 is 0. The van der Waals surface area contributed by atoms with E-state index in [1.165, 1.54) is 24.4 Å². The van der Waals surface area contributed by atoms with E-state index in [1.807, 2.05) is 0 Å². The molecule has 0 aliphatic carbocycles. The molecule has 0 aliphatic rings. The molecule has 1 unspecified atom stereocenters. The van der Waals surface area contributed by atoms with Crippen molar-refractivity contribution in [2.24, 2.45) is 0 Å². The van der Waals surface area contributed by atoms with Gasteiger partial charge in [-0.25, -0.2) is 13.6 Å². The Bertz CT molecular complexity index is 521. The SMILES string of the molecule is O=C(O)C(F)c1c[nH]c2c(F)cccc12. The first-order valence-corrected chi connectivity index (χ1v) is 4.23. The Morgan fingerprint density at radius 3 is 2.87 bits per heavy atom. The van der Waals surface area contributed by atoms with Crippen LogP contribution in [0.15, 0.2) is 24.4 Å².